The van der Waals surface area contributed by atoms with Crippen LogP contribution in [0.25, 0.3) is 0 Å². The maximum atomic E-state index is 12.8. The van der Waals surface area contributed by atoms with E-state index in [-0.39, 0.29) is 31.1 Å². The van der Waals surface area contributed by atoms with E-state index in [1.165, 1.54) is 109 Å². The van der Waals surface area contributed by atoms with Gasteiger partial charge in [-0.15, -0.1) is 0 Å². The Bertz CT molecular complexity index is 1100. The van der Waals surface area contributed by atoms with Crippen LogP contribution in [0.4, 0.5) is 0 Å². The van der Waals surface area contributed by atoms with Crippen LogP contribution in [0.3, 0.4) is 0 Å². The minimum absolute atomic E-state index is 0.0874. The molecule has 0 N–H and O–H groups in total. The van der Waals surface area contributed by atoms with Crippen molar-refractivity contribution in [3.63, 3.8) is 0 Å². The van der Waals surface area contributed by atoms with Crippen LogP contribution in [-0.4, -0.2) is 37.2 Å². The molecule has 60 heavy (non-hydrogen) atoms. The van der Waals surface area contributed by atoms with Crippen molar-refractivity contribution in [3.8, 4) is 0 Å². The molecule has 0 saturated heterocycles. The van der Waals surface area contributed by atoms with Gasteiger partial charge in [-0.05, 0) is 77.0 Å². The maximum absolute atomic E-state index is 12.8. The molecule has 0 aliphatic heterocycles. The Balaban J connectivity index is 4.41. The molecule has 0 bridgehead atoms. The van der Waals surface area contributed by atoms with Crippen molar-refractivity contribution in [2.45, 2.75) is 252 Å². The zero-order valence-corrected chi connectivity index (χ0v) is 39.5. The summed E-state index contributed by atoms with van der Waals surface area (Å²) in [5.41, 5.74) is 0. The first-order valence-electron chi connectivity index (χ1n) is 25.3. The topological polar surface area (TPSA) is 78.9 Å². The molecule has 0 aliphatic carbocycles. The van der Waals surface area contributed by atoms with Gasteiger partial charge >= 0.3 is 17.9 Å². The van der Waals surface area contributed by atoms with E-state index in [0.29, 0.717) is 19.3 Å². The molecule has 0 spiro atoms. The first-order chi connectivity index (χ1) is 29.5. The minimum Gasteiger partial charge on any atom is -0.462 e. The number of hydrogen-bond acceptors (Lipinski definition) is 6. The van der Waals surface area contributed by atoms with Crippen molar-refractivity contribution in [3.05, 3.63) is 60.8 Å². The Labute approximate surface area is 370 Å². The second-order valence-corrected chi connectivity index (χ2v) is 16.7. The monoisotopic (exact) mass is 839 g/mol. The standard InChI is InChI=1S/C54H94O6/c1-4-7-10-13-16-19-22-24-26-28-29-32-35-38-41-44-47-53(56)59-50-51(49-58-52(55)46-43-40-37-34-31-21-18-15-12-9-6-3)60-54(57)48-45-42-39-36-33-30-27-25-23-20-17-14-11-8-5-2/h7,10,15-16,18-19,24,26,29,32,51H,4-6,8-9,11-14,17,20-23,25,27-28,30-31,33-50H2,1-3H3/b10-7-,18-15-,19-16-,26-24-,32-29-. The van der Waals surface area contributed by atoms with Gasteiger partial charge in [0.05, 0.1) is 0 Å². The van der Waals surface area contributed by atoms with Crippen LogP contribution in [0.2, 0.25) is 0 Å². The Morgan fingerprint density at radius 1 is 0.350 bits per heavy atom. The van der Waals surface area contributed by atoms with Crippen LogP contribution in [0, 0.1) is 0 Å². The maximum Gasteiger partial charge on any atom is 0.306 e. The SMILES string of the molecule is CC/C=C\C/C=C\C/C=C\C/C=C\CCCCCC(=O)OCC(COC(=O)CCCCCCC/C=C\CCCC)OC(=O)CCCCCCCCCCCCCCCCC. The van der Waals surface area contributed by atoms with Gasteiger partial charge in [-0.25, -0.2) is 0 Å². The van der Waals surface area contributed by atoms with E-state index in [1.807, 2.05) is 0 Å². The van der Waals surface area contributed by atoms with E-state index in [2.05, 4.69) is 81.5 Å². The quantitative estimate of drug-likeness (QED) is 0.0263. The highest BCUT2D eigenvalue weighted by Gasteiger charge is 2.19. The lowest BCUT2D eigenvalue weighted by atomic mass is 10.0. The third kappa shape index (κ3) is 46.2. The Morgan fingerprint density at radius 2 is 0.667 bits per heavy atom. The molecule has 0 aliphatic rings. The van der Waals surface area contributed by atoms with Gasteiger partial charge in [0.1, 0.15) is 13.2 Å². The predicted molar refractivity (Wildman–Crippen MR) is 256 cm³/mol. The van der Waals surface area contributed by atoms with Crippen LogP contribution >= 0.6 is 0 Å². The van der Waals surface area contributed by atoms with E-state index in [4.69, 9.17) is 14.2 Å². The van der Waals surface area contributed by atoms with Gasteiger partial charge in [0, 0.05) is 19.3 Å². The van der Waals surface area contributed by atoms with Gasteiger partial charge in [0.15, 0.2) is 6.10 Å². The molecule has 0 aromatic carbocycles. The molecule has 0 amide bonds. The van der Waals surface area contributed by atoms with Crippen molar-refractivity contribution in [2.24, 2.45) is 0 Å². The van der Waals surface area contributed by atoms with Crippen molar-refractivity contribution < 1.29 is 28.6 Å². The third-order valence-corrected chi connectivity index (χ3v) is 10.8. The summed E-state index contributed by atoms with van der Waals surface area (Å²) >= 11 is 0. The van der Waals surface area contributed by atoms with Gasteiger partial charge in [-0.1, -0.05) is 210 Å². The Kier molecular flexibility index (Phi) is 46.4. The van der Waals surface area contributed by atoms with Crippen molar-refractivity contribution in [2.75, 3.05) is 13.2 Å². The fraction of sp³-hybridized carbons (Fsp3) is 0.759. The molecule has 0 saturated carbocycles. The number of rotatable bonds is 45. The molecule has 6 heteroatoms. The summed E-state index contributed by atoms with van der Waals surface area (Å²) in [5, 5.41) is 0. The molecule has 0 rings (SSSR count). The van der Waals surface area contributed by atoms with Gasteiger partial charge < -0.3 is 14.2 Å². The molecule has 6 nitrogen and oxygen atoms in total. The molecule has 0 aromatic heterocycles. The number of esters is 3. The molecule has 0 heterocycles. The van der Waals surface area contributed by atoms with Crippen molar-refractivity contribution >= 4 is 17.9 Å². The number of hydrogen-bond donors (Lipinski definition) is 0. The van der Waals surface area contributed by atoms with Gasteiger partial charge in [-0.3, -0.25) is 14.4 Å². The number of carbonyl (C=O) groups is 3. The van der Waals surface area contributed by atoms with Gasteiger partial charge in [0.2, 0.25) is 0 Å². The van der Waals surface area contributed by atoms with E-state index >= 15 is 0 Å². The van der Waals surface area contributed by atoms with Gasteiger partial charge in [0.25, 0.3) is 0 Å². The summed E-state index contributed by atoms with van der Waals surface area (Å²) in [6, 6.07) is 0. The highest BCUT2D eigenvalue weighted by atomic mass is 16.6. The average molecular weight is 839 g/mol. The Morgan fingerprint density at radius 3 is 1.10 bits per heavy atom. The summed E-state index contributed by atoms with van der Waals surface area (Å²) in [4.78, 5) is 37.9. The average Bonchev–Trinajstić information content (AvgIpc) is 3.24. The summed E-state index contributed by atoms with van der Waals surface area (Å²) < 4.78 is 16.7. The van der Waals surface area contributed by atoms with E-state index in [9.17, 15) is 14.4 Å². The number of ether oxygens (including phenoxy) is 3. The van der Waals surface area contributed by atoms with E-state index < -0.39 is 6.10 Å². The molecule has 346 valence electrons. The van der Waals surface area contributed by atoms with Crippen molar-refractivity contribution in [1.82, 2.24) is 0 Å². The number of unbranched alkanes of at least 4 members (excludes halogenated alkanes) is 24. The summed E-state index contributed by atoms with van der Waals surface area (Å²) in [6.45, 7) is 6.46. The fourth-order valence-corrected chi connectivity index (χ4v) is 6.94. The van der Waals surface area contributed by atoms with Crippen LogP contribution in [0.5, 0.6) is 0 Å². The first kappa shape index (κ1) is 57.1. The smallest absolute Gasteiger partial charge is 0.306 e. The lowest BCUT2D eigenvalue weighted by molar-refractivity contribution is -0.167. The summed E-state index contributed by atoms with van der Waals surface area (Å²) in [5.74, 6) is -0.924. The van der Waals surface area contributed by atoms with Crippen LogP contribution in [0.15, 0.2) is 60.8 Å². The third-order valence-electron chi connectivity index (χ3n) is 10.8. The first-order valence-corrected chi connectivity index (χ1v) is 25.3. The molecular formula is C54H94O6. The zero-order chi connectivity index (χ0) is 43.7. The molecule has 1 atom stereocenters. The highest BCUT2D eigenvalue weighted by Crippen LogP contribution is 2.15. The summed E-state index contributed by atoms with van der Waals surface area (Å²) in [7, 11) is 0. The van der Waals surface area contributed by atoms with Crippen LogP contribution in [-0.2, 0) is 28.6 Å². The second-order valence-electron chi connectivity index (χ2n) is 16.7. The van der Waals surface area contributed by atoms with E-state index in [1.54, 1.807) is 0 Å². The highest BCUT2D eigenvalue weighted by molar-refractivity contribution is 5.71. The molecule has 0 aromatic rings. The van der Waals surface area contributed by atoms with Crippen LogP contribution < -0.4 is 0 Å². The molecule has 0 fully saturated rings. The van der Waals surface area contributed by atoms with Gasteiger partial charge in [-0.2, -0.15) is 0 Å². The van der Waals surface area contributed by atoms with Crippen molar-refractivity contribution in [1.29, 1.82) is 0 Å². The lowest BCUT2D eigenvalue weighted by Crippen LogP contribution is -2.30. The van der Waals surface area contributed by atoms with E-state index in [0.717, 1.165) is 96.3 Å². The number of carbonyl (C=O) groups excluding carboxylic acids is 3. The largest absolute Gasteiger partial charge is 0.462 e. The second kappa shape index (κ2) is 48.8. The molecule has 1 unspecified atom stereocenters. The number of allylic oxidation sites excluding steroid dienone is 10. The Hall–Kier alpha value is -2.89. The minimum atomic E-state index is -0.787. The molecular weight excluding hydrogens is 745 g/mol. The summed E-state index contributed by atoms with van der Waals surface area (Å²) in [6.07, 6.45) is 59.2. The van der Waals surface area contributed by atoms with Crippen LogP contribution in [0.1, 0.15) is 245 Å². The normalized spacial score (nSPS) is 12.5. The fourth-order valence-electron chi connectivity index (χ4n) is 6.94. The molecule has 0 radical (unpaired) electrons. The predicted octanol–water partition coefficient (Wildman–Crippen LogP) is 16.5. The lowest BCUT2D eigenvalue weighted by Gasteiger charge is -2.18. The zero-order valence-electron chi connectivity index (χ0n) is 39.5.